The van der Waals surface area contributed by atoms with Crippen LogP contribution in [0.25, 0.3) is 10.9 Å². The first-order chi connectivity index (χ1) is 12.8. The maximum atomic E-state index is 13.3. The van der Waals surface area contributed by atoms with Gasteiger partial charge in [-0.25, -0.2) is 0 Å². The second-order valence-electron chi connectivity index (χ2n) is 7.57. The molecule has 1 saturated heterocycles. The molecule has 1 fully saturated rings. The van der Waals surface area contributed by atoms with E-state index in [0.717, 1.165) is 43.4 Å². The molecule has 2 aromatic rings. The van der Waals surface area contributed by atoms with Crippen molar-refractivity contribution < 1.29 is 4.79 Å². The average molecular weight is 352 g/mol. The first-order valence-electron chi connectivity index (χ1n) is 9.91. The number of para-hydroxylation sites is 1. The summed E-state index contributed by atoms with van der Waals surface area (Å²) >= 11 is 0. The summed E-state index contributed by atoms with van der Waals surface area (Å²) in [5, 5.41) is 8.27. The molecule has 1 atom stereocenters. The Morgan fingerprint density at radius 2 is 2.08 bits per heavy atom. The third-order valence-corrected chi connectivity index (χ3v) is 5.70. The van der Waals surface area contributed by atoms with E-state index in [1.54, 1.807) is 0 Å². The summed E-state index contributed by atoms with van der Waals surface area (Å²) in [4.78, 5) is 17.8. The first-order valence-corrected chi connectivity index (χ1v) is 9.91. The van der Waals surface area contributed by atoms with Crippen LogP contribution in [0.15, 0.2) is 36.4 Å². The van der Waals surface area contributed by atoms with E-state index in [9.17, 15) is 4.79 Å². The molecule has 138 valence electrons. The maximum Gasteiger partial charge on any atom is 0.275 e. The lowest BCUT2D eigenvalue weighted by atomic mass is 9.94. The average Bonchev–Trinajstić information content (AvgIpc) is 3.35. The van der Waals surface area contributed by atoms with Crippen molar-refractivity contribution in [3.63, 3.8) is 0 Å². The van der Waals surface area contributed by atoms with E-state index in [1.807, 2.05) is 29.2 Å². The van der Waals surface area contributed by atoms with E-state index in [-0.39, 0.29) is 5.91 Å². The molecule has 2 heterocycles. The number of fused-ring (bicyclic) bond motifs is 1. The van der Waals surface area contributed by atoms with E-state index in [2.05, 4.69) is 27.2 Å². The quantitative estimate of drug-likeness (QED) is 0.810. The van der Waals surface area contributed by atoms with Gasteiger partial charge >= 0.3 is 0 Å². The highest BCUT2D eigenvalue weighted by molar-refractivity contribution is 6.04. The lowest BCUT2D eigenvalue weighted by Crippen LogP contribution is -2.41. The van der Waals surface area contributed by atoms with Crippen LogP contribution >= 0.6 is 0 Å². The summed E-state index contributed by atoms with van der Waals surface area (Å²) in [7, 11) is 0. The van der Waals surface area contributed by atoms with Crippen LogP contribution in [-0.4, -0.2) is 58.6 Å². The number of carbonyl (C=O) groups excluding carboxylic acids is 1. The SMILES string of the molecule is O=C(c1n[nH]c2ccccc12)N(CCN1CCCC1)CC1CC=CCC1. The Bertz CT molecular complexity index is 775. The predicted molar refractivity (Wildman–Crippen MR) is 104 cm³/mol. The molecular formula is C21H28N4O. The summed E-state index contributed by atoms with van der Waals surface area (Å²) in [5.74, 6) is 0.629. The topological polar surface area (TPSA) is 52.2 Å². The third kappa shape index (κ3) is 3.83. The Morgan fingerprint density at radius 1 is 1.23 bits per heavy atom. The monoisotopic (exact) mass is 352 g/mol. The van der Waals surface area contributed by atoms with Gasteiger partial charge in [0.25, 0.3) is 5.91 Å². The van der Waals surface area contributed by atoms with Crippen LogP contribution in [0.3, 0.4) is 0 Å². The number of nitrogens with one attached hydrogen (secondary N) is 1. The van der Waals surface area contributed by atoms with Crippen LogP contribution in [0.2, 0.25) is 0 Å². The predicted octanol–water partition coefficient (Wildman–Crippen LogP) is 3.46. The Hall–Kier alpha value is -2.14. The zero-order chi connectivity index (χ0) is 17.8. The van der Waals surface area contributed by atoms with Gasteiger partial charge in [-0.1, -0.05) is 30.4 Å². The largest absolute Gasteiger partial charge is 0.336 e. The number of benzene rings is 1. The molecule has 1 aromatic carbocycles. The van der Waals surface area contributed by atoms with Crippen molar-refractivity contribution in [2.45, 2.75) is 32.1 Å². The van der Waals surface area contributed by atoms with Gasteiger partial charge in [0.05, 0.1) is 5.52 Å². The van der Waals surface area contributed by atoms with Gasteiger partial charge in [0, 0.05) is 25.0 Å². The normalized spacial score (nSPS) is 20.7. The molecule has 0 radical (unpaired) electrons. The van der Waals surface area contributed by atoms with Crippen LogP contribution < -0.4 is 0 Å². The molecule has 0 spiro atoms. The third-order valence-electron chi connectivity index (χ3n) is 5.70. The number of amides is 1. The molecular weight excluding hydrogens is 324 g/mol. The fraction of sp³-hybridized carbons (Fsp3) is 0.524. The van der Waals surface area contributed by atoms with E-state index < -0.39 is 0 Å². The summed E-state index contributed by atoms with van der Waals surface area (Å²) in [6.45, 7) is 4.92. The van der Waals surface area contributed by atoms with Crippen LogP contribution in [0.1, 0.15) is 42.6 Å². The highest BCUT2D eigenvalue weighted by atomic mass is 16.2. The molecule has 1 N–H and O–H groups in total. The van der Waals surface area contributed by atoms with Gasteiger partial charge < -0.3 is 9.80 Å². The highest BCUT2D eigenvalue weighted by Gasteiger charge is 2.25. The van der Waals surface area contributed by atoms with Crippen LogP contribution in [0, 0.1) is 5.92 Å². The smallest absolute Gasteiger partial charge is 0.275 e. The van der Waals surface area contributed by atoms with Crippen molar-refractivity contribution in [2.24, 2.45) is 5.92 Å². The number of nitrogens with zero attached hydrogens (tertiary/aromatic N) is 3. The van der Waals surface area contributed by atoms with Crippen molar-refractivity contribution in [1.82, 2.24) is 20.0 Å². The first kappa shape index (κ1) is 17.3. The van der Waals surface area contributed by atoms with Crippen molar-refractivity contribution in [3.05, 3.63) is 42.1 Å². The van der Waals surface area contributed by atoms with Crippen molar-refractivity contribution >= 4 is 16.8 Å². The zero-order valence-electron chi connectivity index (χ0n) is 15.4. The number of H-pyrrole nitrogens is 1. The molecule has 5 nitrogen and oxygen atoms in total. The number of likely N-dealkylation sites (tertiary alicyclic amines) is 1. The molecule has 1 aliphatic heterocycles. The number of hydrogen-bond donors (Lipinski definition) is 1. The number of allylic oxidation sites excluding steroid dienone is 2. The summed E-state index contributed by atoms with van der Waals surface area (Å²) in [6.07, 6.45) is 10.5. The Morgan fingerprint density at radius 3 is 2.88 bits per heavy atom. The fourth-order valence-electron chi connectivity index (χ4n) is 4.15. The molecule has 1 aromatic heterocycles. The van der Waals surface area contributed by atoms with Gasteiger partial charge in [0.15, 0.2) is 5.69 Å². The zero-order valence-corrected chi connectivity index (χ0v) is 15.4. The molecule has 1 aliphatic carbocycles. The van der Waals surface area contributed by atoms with Crippen LogP contribution in [0.4, 0.5) is 0 Å². The maximum absolute atomic E-state index is 13.3. The Kier molecular flexibility index (Phi) is 5.34. The highest BCUT2D eigenvalue weighted by Crippen LogP contribution is 2.22. The van der Waals surface area contributed by atoms with Crippen LogP contribution in [-0.2, 0) is 0 Å². The molecule has 0 bridgehead atoms. The minimum atomic E-state index is 0.0659. The minimum absolute atomic E-state index is 0.0659. The van der Waals surface area contributed by atoms with Crippen molar-refractivity contribution in [1.29, 1.82) is 0 Å². The van der Waals surface area contributed by atoms with Crippen molar-refractivity contribution in [3.8, 4) is 0 Å². The summed E-state index contributed by atoms with van der Waals surface area (Å²) in [5.41, 5.74) is 1.49. The van der Waals surface area contributed by atoms with E-state index in [0.29, 0.717) is 11.6 Å². The Balaban J connectivity index is 1.51. The summed E-state index contributed by atoms with van der Waals surface area (Å²) in [6, 6.07) is 7.89. The van der Waals surface area contributed by atoms with Crippen LogP contribution in [0.5, 0.6) is 0 Å². The van der Waals surface area contributed by atoms with Gasteiger partial charge in [-0.15, -0.1) is 0 Å². The molecule has 2 aliphatic rings. The molecule has 4 rings (SSSR count). The minimum Gasteiger partial charge on any atom is -0.336 e. The Labute approximate surface area is 155 Å². The van der Waals surface area contributed by atoms with E-state index in [4.69, 9.17) is 0 Å². The fourth-order valence-corrected chi connectivity index (χ4v) is 4.15. The number of hydrogen-bond acceptors (Lipinski definition) is 3. The van der Waals surface area contributed by atoms with Crippen molar-refractivity contribution in [2.75, 3.05) is 32.7 Å². The van der Waals surface area contributed by atoms with Gasteiger partial charge in [-0.05, 0) is 57.2 Å². The molecule has 5 heteroatoms. The van der Waals surface area contributed by atoms with E-state index >= 15 is 0 Å². The summed E-state index contributed by atoms with van der Waals surface area (Å²) < 4.78 is 0. The number of aromatic amines is 1. The molecule has 26 heavy (non-hydrogen) atoms. The number of carbonyl (C=O) groups is 1. The molecule has 1 amide bonds. The lowest BCUT2D eigenvalue weighted by molar-refractivity contribution is 0.0703. The molecule has 0 saturated carbocycles. The van der Waals surface area contributed by atoms with Gasteiger partial charge in [-0.2, -0.15) is 5.10 Å². The molecule has 1 unspecified atom stereocenters. The van der Waals surface area contributed by atoms with Gasteiger partial charge in [0.1, 0.15) is 0 Å². The number of aromatic nitrogens is 2. The van der Waals surface area contributed by atoms with Gasteiger partial charge in [-0.3, -0.25) is 9.89 Å². The standard InChI is InChI=1S/C21H28N4O/c26-21(20-18-10-4-5-11-19(18)22-23-20)25(15-14-24-12-6-7-13-24)16-17-8-2-1-3-9-17/h1-2,4-5,10-11,17H,3,6-9,12-16H2,(H,22,23). The second-order valence-corrected chi connectivity index (χ2v) is 7.57. The number of rotatable bonds is 6. The van der Waals surface area contributed by atoms with E-state index in [1.165, 1.54) is 32.4 Å². The second kappa shape index (κ2) is 8.04. The lowest BCUT2D eigenvalue weighted by Gasteiger charge is -2.29. The van der Waals surface area contributed by atoms with Gasteiger partial charge in [0.2, 0.25) is 0 Å².